The van der Waals surface area contributed by atoms with Gasteiger partial charge in [0.25, 0.3) is 11.8 Å². The maximum absolute atomic E-state index is 13.8. The molecule has 1 fully saturated rings. The van der Waals surface area contributed by atoms with Crippen molar-refractivity contribution in [1.82, 2.24) is 21.0 Å². The number of nitrogens with one attached hydrogen (secondary N) is 3. The molecule has 7 N–H and O–H groups in total. The van der Waals surface area contributed by atoms with E-state index in [1.165, 1.54) is 36.2 Å². The number of carboxylic acid groups (broad SMARTS) is 4. The Kier molecular flexibility index (Phi) is 30.2. The number of Topliss-reactive ketones (excluding diaryl/α,β-unsaturated/α-hetero) is 2. The van der Waals surface area contributed by atoms with Gasteiger partial charge >= 0.3 is 224 Å². The van der Waals surface area contributed by atoms with Gasteiger partial charge in [0.1, 0.15) is 0 Å². The van der Waals surface area contributed by atoms with Crippen molar-refractivity contribution in [3.05, 3.63) is 29.8 Å². The second-order valence-corrected chi connectivity index (χ2v) is 32.5. The molecule has 22 heteroatoms. The van der Waals surface area contributed by atoms with E-state index < -0.39 is 159 Å². The van der Waals surface area contributed by atoms with Crippen molar-refractivity contribution in [3.63, 3.8) is 0 Å². The molecule has 1 aromatic carbocycles. The van der Waals surface area contributed by atoms with Crippen LogP contribution in [0, 0.1) is 11.8 Å². The number of amides is 5. The fourth-order valence-corrected chi connectivity index (χ4v) is 25.0. The van der Waals surface area contributed by atoms with Crippen LogP contribution in [0.3, 0.4) is 0 Å². The van der Waals surface area contributed by atoms with Crippen LogP contribution in [0.2, 0.25) is 13.3 Å². The first-order valence-electron chi connectivity index (χ1n) is 26.1. The second-order valence-electron chi connectivity index (χ2n) is 19.2. The van der Waals surface area contributed by atoms with Gasteiger partial charge in [-0.3, -0.25) is 43.2 Å². The number of hydroxylamine groups is 2. The van der Waals surface area contributed by atoms with E-state index in [0.29, 0.717) is 23.5 Å². The third-order valence-corrected chi connectivity index (χ3v) is 28.9. The Hall–Kier alpha value is -5.74. The van der Waals surface area contributed by atoms with Gasteiger partial charge in [0.15, 0.2) is 5.78 Å². The Morgan fingerprint density at radius 1 is 0.608 bits per heavy atom. The number of carboxylic acids is 4. The number of aliphatic carboxylic acids is 4. The molecule has 0 bridgehead atoms. The van der Waals surface area contributed by atoms with Gasteiger partial charge in [-0.1, -0.05) is 0 Å². The summed E-state index contributed by atoms with van der Waals surface area (Å²) in [5, 5.41) is 46.5. The third-order valence-electron chi connectivity index (χ3n) is 13.3. The first kappa shape index (κ1) is 64.4. The van der Waals surface area contributed by atoms with Crippen molar-refractivity contribution in [2.45, 2.75) is 194 Å². The summed E-state index contributed by atoms with van der Waals surface area (Å²) in [5.41, 5.74) is 0.581. The number of hydrogen-bond donors (Lipinski definition) is 7. The average Bonchev–Trinajstić information content (AvgIpc) is 3.67. The molecule has 1 saturated heterocycles. The molecule has 1 aliphatic heterocycles. The number of ketones is 2. The van der Waals surface area contributed by atoms with Crippen LogP contribution >= 0.6 is 0 Å². The van der Waals surface area contributed by atoms with Crippen LogP contribution in [0.1, 0.15) is 179 Å². The predicted octanol–water partition coefficient (Wildman–Crippen LogP) is 5.61. The Morgan fingerprint density at radius 3 is 1.65 bits per heavy atom. The molecule has 1 aliphatic rings. The van der Waals surface area contributed by atoms with Gasteiger partial charge in [-0.15, -0.1) is 5.06 Å². The molecular weight excluding hydrogens is 1070 g/mol. The Bertz CT molecular complexity index is 2080. The van der Waals surface area contributed by atoms with Gasteiger partial charge in [0.2, 0.25) is 11.8 Å². The van der Waals surface area contributed by atoms with E-state index in [-0.39, 0.29) is 57.4 Å². The van der Waals surface area contributed by atoms with Crippen molar-refractivity contribution in [1.29, 1.82) is 0 Å². The summed E-state index contributed by atoms with van der Waals surface area (Å²) in [6.07, 6.45) is 2.42. The number of benzene rings is 1. The van der Waals surface area contributed by atoms with Crippen LogP contribution in [0.25, 0.3) is 0 Å². The minimum absolute atomic E-state index is 0.00406. The van der Waals surface area contributed by atoms with Gasteiger partial charge in [-0.05, 0) is 32.1 Å². The van der Waals surface area contributed by atoms with Gasteiger partial charge in [-0.2, -0.15) is 0 Å². The first-order valence-corrected chi connectivity index (χ1v) is 33.6. The number of carbonyl (C=O) groups excluding carboxylic acids is 8. The van der Waals surface area contributed by atoms with Gasteiger partial charge in [0, 0.05) is 57.3 Å². The monoisotopic (exact) mass is 1150 g/mol. The van der Waals surface area contributed by atoms with E-state index in [0.717, 1.165) is 19.3 Å². The first-order chi connectivity index (χ1) is 35.2. The molecule has 412 valence electrons. The maximum atomic E-state index is 13.8. The topological polar surface area (TPSA) is 334 Å². The van der Waals surface area contributed by atoms with E-state index in [9.17, 15) is 78.0 Å². The van der Waals surface area contributed by atoms with E-state index >= 15 is 0 Å². The van der Waals surface area contributed by atoms with Gasteiger partial charge in [0.05, 0.1) is 12.1 Å². The molecule has 1 heterocycles. The summed E-state index contributed by atoms with van der Waals surface area (Å²) in [6.45, 7) is 6.86. The van der Waals surface area contributed by atoms with Crippen molar-refractivity contribution in [2.75, 3.05) is 6.54 Å². The molecule has 21 nitrogen and oxygen atoms in total. The summed E-state index contributed by atoms with van der Waals surface area (Å²) >= 11 is -2.82. The summed E-state index contributed by atoms with van der Waals surface area (Å²) in [6, 6.07) is 5.03. The number of nitrogens with zero attached hydrogens (tertiary/aromatic N) is 1. The molecule has 0 saturated carbocycles. The van der Waals surface area contributed by atoms with Crippen LogP contribution in [-0.4, -0.2) is 133 Å². The molecule has 4 atom stereocenters. The molecule has 2 rings (SSSR count). The summed E-state index contributed by atoms with van der Waals surface area (Å²) in [5.74, 6) is -13.9. The minimum atomic E-state index is -2.82. The average molecular weight is 1150 g/mol. The van der Waals surface area contributed by atoms with E-state index in [1.807, 2.05) is 6.07 Å². The Morgan fingerprint density at radius 2 is 1.12 bits per heavy atom. The Labute approximate surface area is 436 Å². The van der Waals surface area contributed by atoms with Crippen LogP contribution < -0.4 is 19.5 Å². The standard InChI is InChI=1S/C40H51N4O17.3C4H9.Sn/c45-29(27(14-19-35(52)53)42-31(47)11-4-5-12-37(56)61-44-32(48)16-17-33(44)49)22-25(13-18-34(50)51)39(58)43-28(15-20-36(54)55)30(46)23-26(40(59)60)10-6-7-21-41-38(57)24-8-2-1-3-9-24;3*1-3-4-2;/h1-2,8-9,25-28H,4-7,10-23H2,(H,41,57)(H,42,47)(H,43,58)(H,50,51)(H,52,53)(H,54,55)(H,59,60);3*1,3-4H2,2H3;/t25-,26-,27+,28+;;;;/m0..../s1. The molecular formula is C52H78N4O17Sn. The van der Waals surface area contributed by atoms with Crippen LogP contribution in [0.15, 0.2) is 24.3 Å². The zero-order valence-corrected chi connectivity index (χ0v) is 46.1. The van der Waals surface area contributed by atoms with Crippen LogP contribution in [-0.2, 0) is 57.6 Å². The summed E-state index contributed by atoms with van der Waals surface area (Å²) in [4.78, 5) is 155. The van der Waals surface area contributed by atoms with Crippen molar-refractivity contribution in [3.8, 4) is 0 Å². The summed E-state index contributed by atoms with van der Waals surface area (Å²) in [7, 11) is 0. The Balaban J connectivity index is 2.11. The summed E-state index contributed by atoms with van der Waals surface area (Å²) < 4.78 is 5.11. The van der Waals surface area contributed by atoms with E-state index in [1.54, 1.807) is 6.07 Å². The normalized spacial score (nSPS) is 14.1. The van der Waals surface area contributed by atoms with E-state index in [4.69, 9.17) is 4.84 Å². The van der Waals surface area contributed by atoms with E-state index in [2.05, 4.69) is 48.9 Å². The van der Waals surface area contributed by atoms with Crippen molar-refractivity contribution >= 4 is 92.9 Å². The number of carbonyl (C=O) groups is 12. The van der Waals surface area contributed by atoms with Crippen molar-refractivity contribution < 1.29 is 82.8 Å². The molecule has 0 spiro atoms. The number of hydrogen-bond acceptors (Lipinski definition) is 13. The zero-order chi connectivity index (χ0) is 55.2. The second kappa shape index (κ2) is 34.7. The molecule has 5 amide bonds. The number of unbranched alkanes of at least 4 members (excludes halogenated alkanes) is 5. The quantitative estimate of drug-likeness (QED) is 0.0238. The van der Waals surface area contributed by atoms with Crippen LogP contribution in [0.5, 0.6) is 0 Å². The van der Waals surface area contributed by atoms with Gasteiger partial charge in [-0.25, -0.2) is 4.79 Å². The molecule has 0 radical (unpaired) electrons. The SMILES string of the molecule is CCC[CH2][Sn]([CH2]CCC)([CH2]CCC)[c]1cccc(C(=O)NCCCC[C@@H](CC(=O)[C@@H](CCC(=O)O)NC(=O)[C@@H](CCC(=O)O)CC(=O)[C@@H](CCC(=O)O)NC(=O)CCCCC(=O)ON2C(=O)CCC2=O)C(=O)O)c1. The number of imide groups is 1. The molecule has 74 heavy (non-hydrogen) atoms. The molecule has 0 aliphatic carbocycles. The molecule has 0 aromatic heterocycles. The fourth-order valence-electron chi connectivity index (χ4n) is 8.95. The third kappa shape index (κ3) is 24.1. The number of rotatable bonds is 41. The fraction of sp³-hybridized carbons (Fsp3) is 0.654. The predicted molar refractivity (Wildman–Crippen MR) is 271 cm³/mol. The van der Waals surface area contributed by atoms with Gasteiger partial charge < -0.3 is 30.8 Å². The molecule has 1 aromatic rings. The zero-order valence-electron chi connectivity index (χ0n) is 43.3. The van der Waals surface area contributed by atoms with Crippen LogP contribution in [0.4, 0.5) is 0 Å². The van der Waals surface area contributed by atoms with Crippen molar-refractivity contribution in [2.24, 2.45) is 11.8 Å². The molecule has 0 unspecified atom stereocenters.